The summed E-state index contributed by atoms with van der Waals surface area (Å²) in [5, 5.41) is 8.98. The highest BCUT2D eigenvalue weighted by Gasteiger charge is 2.40. The summed E-state index contributed by atoms with van der Waals surface area (Å²) in [7, 11) is 0. The van der Waals surface area contributed by atoms with Crippen LogP contribution in [-0.4, -0.2) is 45.2 Å². The lowest BCUT2D eigenvalue weighted by Crippen LogP contribution is -2.53. The fraction of sp³-hybridized carbons (Fsp3) is 0.467. The number of nitrogens with zero attached hydrogens (tertiary/aromatic N) is 3. The van der Waals surface area contributed by atoms with E-state index in [1.54, 1.807) is 4.90 Å². The average molecular weight is 515 g/mol. The number of nitrogens with one attached hydrogen (secondary N) is 1. The Balaban J connectivity index is 1.22. The summed E-state index contributed by atoms with van der Waals surface area (Å²) in [4.78, 5) is 39.2. The predicted octanol–water partition coefficient (Wildman–Crippen LogP) is 4.69. The highest BCUT2D eigenvalue weighted by molar-refractivity contribution is 6.27. The molecule has 8 heteroatoms. The fourth-order valence-corrected chi connectivity index (χ4v) is 6.27. The Hall–Kier alpha value is -3.52. The molecule has 3 heterocycles. The van der Waals surface area contributed by atoms with Crippen LogP contribution in [0.4, 0.5) is 5.69 Å². The maximum atomic E-state index is 13.4. The Morgan fingerprint density at radius 3 is 2.55 bits per heavy atom. The SMILES string of the molecule is CC(C)(C)O[C@H]1CC[C@H](n2cc(Cc3ccc4c5c(cccc35)C(=O)N4C3CCC(=O)NC3=O)cn2)CC1. The summed E-state index contributed by atoms with van der Waals surface area (Å²) >= 11 is 0. The number of carbonyl (C=O) groups is 3. The van der Waals surface area contributed by atoms with E-state index < -0.39 is 11.9 Å². The van der Waals surface area contributed by atoms with Crippen LogP contribution in [-0.2, 0) is 20.7 Å². The van der Waals surface area contributed by atoms with Crippen molar-refractivity contribution < 1.29 is 19.1 Å². The molecule has 3 aromatic rings. The third kappa shape index (κ3) is 4.51. The van der Waals surface area contributed by atoms with Gasteiger partial charge in [-0.15, -0.1) is 0 Å². The smallest absolute Gasteiger partial charge is 0.259 e. The Morgan fingerprint density at radius 1 is 1.03 bits per heavy atom. The van der Waals surface area contributed by atoms with Gasteiger partial charge in [0.05, 0.1) is 29.6 Å². The molecule has 0 radical (unpaired) electrons. The van der Waals surface area contributed by atoms with Gasteiger partial charge in [-0.2, -0.15) is 5.10 Å². The molecule has 1 saturated heterocycles. The van der Waals surface area contributed by atoms with E-state index in [1.807, 2.05) is 36.5 Å². The van der Waals surface area contributed by atoms with Gasteiger partial charge in [-0.1, -0.05) is 18.2 Å². The molecule has 0 bridgehead atoms. The highest BCUT2D eigenvalue weighted by atomic mass is 16.5. The molecule has 1 saturated carbocycles. The minimum absolute atomic E-state index is 0.112. The molecule has 1 unspecified atom stereocenters. The second-order valence-corrected chi connectivity index (χ2v) is 11.8. The largest absolute Gasteiger partial charge is 0.373 e. The van der Waals surface area contributed by atoms with Crippen molar-refractivity contribution >= 4 is 34.2 Å². The molecule has 1 atom stereocenters. The van der Waals surface area contributed by atoms with Gasteiger partial charge >= 0.3 is 0 Å². The van der Waals surface area contributed by atoms with Crippen molar-refractivity contribution in [2.75, 3.05) is 4.90 Å². The number of amides is 3. The lowest BCUT2D eigenvalue weighted by molar-refractivity contribution is -0.134. The number of hydrogen-bond acceptors (Lipinski definition) is 5. The molecule has 1 N–H and O–H groups in total. The number of piperidine rings is 1. The van der Waals surface area contributed by atoms with Gasteiger partial charge in [-0.25, -0.2) is 0 Å². The van der Waals surface area contributed by atoms with Crippen LogP contribution in [0.15, 0.2) is 42.7 Å². The Bertz CT molecular complexity index is 1430. The van der Waals surface area contributed by atoms with E-state index in [2.05, 4.69) is 37.0 Å². The van der Waals surface area contributed by atoms with Crippen LogP contribution in [0.1, 0.15) is 86.8 Å². The zero-order valence-corrected chi connectivity index (χ0v) is 22.2. The summed E-state index contributed by atoms with van der Waals surface area (Å²) in [6.45, 7) is 6.34. The summed E-state index contributed by atoms with van der Waals surface area (Å²) in [5.74, 6) is -0.884. The third-order valence-electron chi connectivity index (χ3n) is 7.93. The number of benzene rings is 2. The molecule has 8 nitrogen and oxygen atoms in total. The van der Waals surface area contributed by atoms with Gasteiger partial charge < -0.3 is 4.74 Å². The van der Waals surface area contributed by atoms with E-state index in [0.717, 1.165) is 53.3 Å². The molecule has 3 amide bonds. The van der Waals surface area contributed by atoms with Crippen LogP contribution in [0.3, 0.4) is 0 Å². The first-order valence-corrected chi connectivity index (χ1v) is 13.6. The second kappa shape index (κ2) is 9.34. The van der Waals surface area contributed by atoms with Crippen molar-refractivity contribution in [2.24, 2.45) is 0 Å². The van der Waals surface area contributed by atoms with E-state index in [0.29, 0.717) is 30.6 Å². The number of ether oxygens (including phenoxy) is 1. The normalized spacial score (nSPS) is 23.8. The number of hydrogen-bond donors (Lipinski definition) is 1. The molecule has 2 aliphatic heterocycles. The van der Waals surface area contributed by atoms with E-state index in [4.69, 9.17) is 9.84 Å². The molecular formula is C30H34N4O4. The van der Waals surface area contributed by atoms with Crippen LogP contribution < -0.4 is 10.2 Å². The molecule has 38 heavy (non-hydrogen) atoms. The molecule has 6 rings (SSSR count). The van der Waals surface area contributed by atoms with Crippen LogP contribution in [0, 0.1) is 0 Å². The zero-order chi connectivity index (χ0) is 26.6. The molecular weight excluding hydrogens is 480 g/mol. The first-order chi connectivity index (χ1) is 18.2. The first kappa shape index (κ1) is 24.8. The Morgan fingerprint density at radius 2 is 1.82 bits per heavy atom. The van der Waals surface area contributed by atoms with Gasteiger partial charge in [0.25, 0.3) is 5.91 Å². The molecule has 1 aromatic heterocycles. The number of rotatable bonds is 5. The van der Waals surface area contributed by atoms with Crippen molar-refractivity contribution in [3.05, 3.63) is 59.4 Å². The van der Waals surface area contributed by atoms with Crippen molar-refractivity contribution in [2.45, 2.75) is 89.5 Å². The summed E-state index contributed by atoms with van der Waals surface area (Å²) < 4.78 is 8.29. The molecule has 0 spiro atoms. The Labute approximate surface area is 222 Å². The van der Waals surface area contributed by atoms with Crippen LogP contribution in [0.2, 0.25) is 0 Å². The van der Waals surface area contributed by atoms with E-state index in [1.165, 1.54) is 0 Å². The lowest BCUT2D eigenvalue weighted by Gasteiger charge is -2.33. The summed E-state index contributed by atoms with van der Waals surface area (Å²) in [6, 6.07) is 9.46. The first-order valence-electron chi connectivity index (χ1n) is 13.6. The third-order valence-corrected chi connectivity index (χ3v) is 7.93. The lowest BCUT2D eigenvalue weighted by atomic mass is 9.92. The van der Waals surface area contributed by atoms with Gasteiger partial charge in [0.15, 0.2) is 0 Å². The number of anilines is 1. The number of imide groups is 1. The van der Waals surface area contributed by atoms with Gasteiger partial charge in [0.2, 0.25) is 11.8 Å². The molecule has 198 valence electrons. The minimum Gasteiger partial charge on any atom is -0.373 e. The molecule has 2 fully saturated rings. The van der Waals surface area contributed by atoms with Gasteiger partial charge in [-0.3, -0.25) is 29.3 Å². The topological polar surface area (TPSA) is 93.5 Å². The number of carbonyl (C=O) groups excluding carboxylic acids is 3. The van der Waals surface area contributed by atoms with Crippen molar-refractivity contribution in [3.8, 4) is 0 Å². The zero-order valence-electron chi connectivity index (χ0n) is 22.2. The van der Waals surface area contributed by atoms with Crippen LogP contribution in [0.25, 0.3) is 10.8 Å². The standard InChI is InChI=1S/C30H34N4O4/c1-30(2,3)38-21-10-8-20(9-11-21)33-17-18(16-31-33)15-19-7-12-24-27-22(19)5-4-6-23(27)29(37)34(24)25-13-14-26(35)32-28(25)36/h4-7,12,16-17,20-21,25H,8-11,13-15H2,1-3H3,(H,32,35,36)/t20-,21-,25?. The molecule has 2 aromatic carbocycles. The van der Waals surface area contributed by atoms with Gasteiger partial charge in [0, 0.05) is 30.0 Å². The summed E-state index contributed by atoms with van der Waals surface area (Å²) in [6.07, 6.45) is 9.88. The van der Waals surface area contributed by atoms with Gasteiger partial charge in [-0.05, 0) is 81.5 Å². The predicted molar refractivity (Wildman–Crippen MR) is 144 cm³/mol. The fourth-order valence-electron chi connectivity index (χ4n) is 6.27. The van der Waals surface area contributed by atoms with Crippen LogP contribution in [0.5, 0.6) is 0 Å². The van der Waals surface area contributed by atoms with Crippen molar-refractivity contribution in [1.29, 1.82) is 0 Å². The quantitative estimate of drug-likeness (QED) is 0.499. The van der Waals surface area contributed by atoms with E-state index in [-0.39, 0.29) is 23.8 Å². The minimum atomic E-state index is -0.677. The maximum absolute atomic E-state index is 13.4. The monoisotopic (exact) mass is 514 g/mol. The van der Waals surface area contributed by atoms with Crippen molar-refractivity contribution in [3.63, 3.8) is 0 Å². The average Bonchev–Trinajstić information content (AvgIpc) is 3.44. The summed E-state index contributed by atoms with van der Waals surface area (Å²) in [5.41, 5.74) is 3.48. The van der Waals surface area contributed by atoms with Crippen molar-refractivity contribution in [1.82, 2.24) is 15.1 Å². The second-order valence-electron chi connectivity index (χ2n) is 11.8. The molecule has 3 aliphatic rings. The highest BCUT2D eigenvalue weighted by Crippen LogP contribution is 2.41. The maximum Gasteiger partial charge on any atom is 0.259 e. The van der Waals surface area contributed by atoms with E-state index >= 15 is 0 Å². The number of aromatic nitrogens is 2. The molecule has 1 aliphatic carbocycles. The van der Waals surface area contributed by atoms with E-state index in [9.17, 15) is 14.4 Å². The Kier molecular flexibility index (Phi) is 6.10. The van der Waals surface area contributed by atoms with Crippen LogP contribution >= 0.6 is 0 Å². The van der Waals surface area contributed by atoms with Gasteiger partial charge in [0.1, 0.15) is 6.04 Å².